The third-order valence-corrected chi connectivity index (χ3v) is 4.99. The molecule has 1 heterocycles. The molecule has 0 aliphatic carbocycles. The van der Waals surface area contributed by atoms with E-state index in [1.165, 1.54) is 10.4 Å². The van der Waals surface area contributed by atoms with E-state index in [9.17, 15) is 13.2 Å². The number of aliphatic carboxylic acids is 1. The molecule has 5 nitrogen and oxygen atoms in total. The van der Waals surface area contributed by atoms with E-state index in [1.54, 1.807) is 12.1 Å². The Kier molecular flexibility index (Phi) is 3.41. The molecule has 0 saturated carbocycles. The zero-order chi connectivity index (χ0) is 13.3. The molecule has 1 N–H and O–H groups in total. The average molecular weight is 269 g/mol. The second-order valence-corrected chi connectivity index (χ2v) is 6.44. The van der Waals surface area contributed by atoms with E-state index in [2.05, 4.69) is 0 Å². The molecule has 0 radical (unpaired) electrons. The molecule has 0 amide bonds. The van der Waals surface area contributed by atoms with Gasteiger partial charge in [-0.25, -0.2) is 8.42 Å². The van der Waals surface area contributed by atoms with Gasteiger partial charge in [0, 0.05) is 13.1 Å². The summed E-state index contributed by atoms with van der Waals surface area (Å²) in [5, 5.41) is 8.89. The number of nitrogens with zero attached hydrogens (tertiary/aromatic N) is 1. The number of hydrogen-bond donors (Lipinski definition) is 1. The third kappa shape index (κ3) is 2.39. The van der Waals surface area contributed by atoms with Gasteiger partial charge in [0.2, 0.25) is 10.0 Å². The van der Waals surface area contributed by atoms with Crippen molar-refractivity contribution < 1.29 is 18.3 Å². The number of rotatable bonds is 3. The van der Waals surface area contributed by atoms with Crippen molar-refractivity contribution in [1.82, 2.24) is 4.31 Å². The zero-order valence-electron chi connectivity index (χ0n) is 10.0. The van der Waals surface area contributed by atoms with Crippen molar-refractivity contribution in [2.24, 2.45) is 5.92 Å². The van der Waals surface area contributed by atoms with Gasteiger partial charge in [-0.15, -0.1) is 0 Å². The van der Waals surface area contributed by atoms with E-state index < -0.39 is 21.9 Å². The number of sulfonamides is 1. The van der Waals surface area contributed by atoms with E-state index in [1.807, 2.05) is 13.0 Å². The van der Waals surface area contributed by atoms with Crippen LogP contribution in [0.3, 0.4) is 0 Å². The first-order chi connectivity index (χ1) is 8.41. The van der Waals surface area contributed by atoms with E-state index >= 15 is 0 Å². The van der Waals surface area contributed by atoms with E-state index in [4.69, 9.17) is 5.11 Å². The fourth-order valence-corrected chi connectivity index (χ4v) is 3.68. The van der Waals surface area contributed by atoms with Crippen molar-refractivity contribution in [2.45, 2.75) is 18.2 Å². The quantitative estimate of drug-likeness (QED) is 0.891. The Morgan fingerprint density at radius 2 is 2.17 bits per heavy atom. The Hall–Kier alpha value is -1.40. The summed E-state index contributed by atoms with van der Waals surface area (Å²) in [5.41, 5.74) is 0.866. The fourth-order valence-electron chi connectivity index (χ4n) is 2.07. The largest absolute Gasteiger partial charge is 0.481 e. The third-order valence-electron chi connectivity index (χ3n) is 3.13. The first-order valence-corrected chi connectivity index (χ1v) is 7.15. The highest BCUT2D eigenvalue weighted by Gasteiger charge is 2.35. The highest BCUT2D eigenvalue weighted by atomic mass is 32.2. The molecule has 0 unspecified atom stereocenters. The maximum absolute atomic E-state index is 12.3. The summed E-state index contributed by atoms with van der Waals surface area (Å²) in [7, 11) is -3.56. The van der Waals surface area contributed by atoms with Crippen molar-refractivity contribution in [3.8, 4) is 0 Å². The molecule has 2 rings (SSSR count). The number of carbonyl (C=O) groups is 1. The minimum Gasteiger partial charge on any atom is -0.481 e. The molecule has 0 bridgehead atoms. The molecule has 1 fully saturated rings. The Labute approximate surface area is 106 Å². The number of carboxylic acids is 1. The van der Waals surface area contributed by atoms with Crippen molar-refractivity contribution in [1.29, 1.82) is 0 Å². The predicted molar refractivity (Wildman–Crippen MR) is 65.7 cm³/mol. The first-order valence-electron chi connectivity index (χ1n) is 5.71. The van der Waals surface area contributed by atoms with Gasteiger partial charge in [-0.05, 0) is 31.0 Å². The van der Waals surface area contributed by atoms with Gasteiger partial charge in [-0.2, -0.15) is 4.31 Å². The van der Waals surface area contributed by atoms with Crippen LogP contribution in [-0.2, 0) is 14.8 Å². The Balaban J connectivity index is 2.25. The summed E-state index contributed by atoms with van der Waals surface area (Å²) in [6.45, 7) is 2.15. The maximum atomic E-state index is 12.3. The van der Waals surface area contributed by atoms with Gasteiger partial charge in [0.15, 0.2) is 0 Å². The van der Waals surface area contributed by atoms with E-state index in [0.29, 0.717) is 6.42 Å². The van der Waals surface area contributed by atoms with Crippen LogP contribution in [0.25, 0.3) is 0 Å². The minimum atomic E-state index is -3.56. The van der Waals surface area contributed by atoms with Crippen molar-refractivity contribution in [2.75, 3.05) is 13.1 Å². The van der Waals surface area contributed by atoms with Gasteiger partial charge < -0.3 is 5.11 Å². The average Bonchev–Trinajstić information content (AvgIpc) is 2.79. The molecule has 1 saturated heterocycles. The summed E-state index contributed by atoms with van der Waals surface area (Å²) >= 11 is 0. The molecule has 6 heteroatoms. The van der Waals surface area contributed by atoms with Crippen LogP contribution in [0, 0.1) is 12.8 Å². The van der Waals surface area contributed by atoms with E-state index in [0.717, 1.165) is 5.56 Å². The lowest BCUT2D eigenvalue weighted by Crippen LogP contribution is -2.30. The van der Waals surface area contributed by atoms with E-state index in [-0.39, 0.29) is 18.0 Å². The van der Waals surface area contributed by atoms with Gasteiger partial charge in [0.25, 0.3) is 0 Å². The topological polar surface area (TPSA) is 74.7 Å². The molecule has 1 aliphatic rings. The summed E-state index contributed by atoms with van der Waals surface area (Å²) in [6, 6.07) is 6.65. The second-order valence-electron chi connectivity index (χ2n) is 4.50. The van der Waals surface area contributed by atoms with Crippen LogP contribution in [0.5, 0.6) is 0 Å². The minimum absolute atomic E-state index is 0.0611. The molecule has 0 spiro atoms. The summed E-state index contributed by atoms with van der Waals surface area (Å²) in [6.07, 6.45) is 0.375. The van der Waals surface area contributed by atoms with Crippen LogP contribution in [0.2, 0.25) is 0 Å². The summed E-state index contributed by atoms with van der Waals surface area (Å²) in [4.78, 5) is 11.1. The van der Waals surface area contributed by atoms with Crippen LogP contribution < -0.4 is 0 Å². The van der Waals surface area contributed by atoms with Gasteiger partial charge >= 0.3 is 5.97 Å². The predicted octanol–water partition coefficient (Wildman–Crippen LogP) is 1.09. The standard InChI is InChI=1S/C12H15NO4S/c1-9-3-2-4-11(7-9)18(16,17)13-6-5-10(8-13)12(14)15/h2-4,7,10H,5-6,8H2,1H3,(H,14,15)/t10-/m1/s1. The van der Waals surface area contributed by atoms with Crippen molar-refractivity contribution >= 4 is 16.0 Å². The molecule has 98 valence electrons. The van der Waals surface area contributed by atoms with Crippen LogP contribution in [-0.4, -0.2) is 36.9 Å². The van der Waals surface area contributed by atoms with Crippen LogP contribution in [0.4, 0.5) is 0 Å². The maximum Gasteiger partial charge on any atom is 0.307 e. The smallest absolute Gasteiger partial charge is 0.307 e. The summed E-state index contributed by atoms with van der Waals surface area (Å²) < 4.78 is 25.8. The highest BCUT2D eigenvalue weighted by molar-refractivity contribution is 7.89. The SMILES string of the molecule is Cc1cccc(S(=O)(=O)N2CC[C@@H](C(=O)O)C2)c1. The van der Waals surface area contributed by atoms with Gasteiger partial charge in [0.05, 0.1) is 10.8 Å². The molecule has 1 aromatic rings. The molecule has 1 atom stereocenters. The van der Waals surface area contributed by atoms with Crippen molar-refractivity contribution in [3.63, 3.8) is 0 Å². The van der Waals surface area contributed by atoms with Gasteiger partial charge in [-0.1, -0.05) is 12.1 Å². The Morgan fingerprint density at radius 1 is 1.44 bits per heavy atom. The number of carboxylic acid groups (broad SMARTS) is 1. The lowest BCUT2D eigenvalue weighted by atomic mass is 10.1. The van der Waals surface area contributed by atoms with Gasteiger partial charge in [-0.3, -0.25) is 4.79 Å². The zero-order valence-corrected chi connectivity index (χ0v) is 10.9. The lowest BCUT2D eigenvalue weighted by Gasteiger charge is -2.16. The Bertz CT molecular complexity index is 567. The van der Waals surface area contributed by atoms with Crippen LogP contribution in [0.1, 0.15) is 12.0 Å². The number of benzene rings is 1. The normalized spacial score (nSPS) is 21.1. The lowest BCUT2D eigenvalue weighted by molar-refractivity contribution is -0.141. The van der Waals surface area contributed by atoms with Crippen LogP contribution >= 0.6 is 0 Å². The monoisotopic (exact) mass is 269 g/mol. The Morgan fingerprint density at radius 3 is 2.72 bits per heavy atom. The highest BCUT2D eigenvalue weighted by Crippen LogP contribution is 2.24. The number of hydrogen-bond acceptors (Lipinski definition) is 3. The fraction of sp³-hybridized carbons (Fsp3) is 0.417. The molecule has 1 aromatic carbocycles. The van der Waals surface area contributed by atoms with Crippen molar-refractivity contribution in [3.05, 3.63) is 29.8 Å². The molecular weight excluding hydrogens is 254 g/mol. The first kappa shape index (κ1) is 13.0. The molecule has 0 aromatic heterocycles. The molecular formula is C12H15NO4S. The van der Waals surface area contributed by atoms with Gasteiger partial charge in [0.1, 0.15) is 0 Å². The summed E-state index contributed by atoms with van der Waals surface area (Å²) in [5.74, 6) is -1.53. The molecule has 18 heavy (non-hydrogen) atoms. The second kappa shape index (κ2) is 4.70. The van der Waals surface area contributed by atoms with Crippen LogP contribution in [0.15, 0.2) is 29.2 Å². The number of aryl methyl sites for hydroxylation is 1. The molecule has 1 aliphatic heterocycles.